The fourth-order valence-electron chi connectivity index (χ4n) is 2.89. The van der Waals surface area contributed by atoms with Crippen LogP contribution in [0.3, 0.4) is 0 Å². The number of halogens is 1. The molecule has 1 aromatic carbocycles. The Kier molecular flexibility index (Phi) is 4.73. The van der Waals surface area contributed by atoms with Crippen LogP contribution in [0.25, 0.3) is 0 Å². The van der Waals surface area contributed by atoms with Crippen molar-refractivity contribution in [2.24, 2.45) is 5.92 Å². The molecule has 0 spiro atoms. The van der Waals surface area contributed by atoms with Crippen molar-refractivity contribution in [2.75, 3.05) is 19.8 Å². The molecule has 1 aliphatic heterocycles. The second-order valence-corrected chi connectivity index (χ2v) is 5.08. The fourth-order valence-corrected chi connectivity index (χ4v) is 2.89. The molecule has 110 valence electrons. The van der Waals surface area contributed by atoms with Crippen molar-refractivity contribution >= 4 is 5.97 Å². The zero-order valence-electron chi connectivity index (χ0n) is 11.8. The van der Waals surface area contributed by atoms with Crippen molar-refractivity contribution in [3.63, 3.8) is 0 Å². The maximum Gasteiger partial charge on any atom is 0.310 e. The Balaban J connectivity index is 2.24. The van der Waals surface area contributed by atoms with Crippen LogP contribution in [-0.4, -0.2) is 41.8 Å². The van der Waals surface area contributed by atoms with Crippen LogP contribution in [0.2, 0.25) is 0 Å². The van der Waals surface area contributed by atoms with Crippen LogP contribution in [0, 0.1) is 11.7 Å². The third-order valence-electron chi connectivity index (χ3n) is 4.01. The molecule has 1 saturated heterocycles. The minimum Gasteiger partial charge on any atom is -0.481 e. The molecule has 1 heterocycles. The van der Waals surface area contributed by atoms with Gasteiger partial charge in [-0.15, -0.1) is 0 Å². The predicted molar refractivity (Wildman–Crippen MR) is 72.9 cm³/mol. The van der Waals surface area contributed by atoms with E-state index >= 15 is 0 Å². The summed E-state index contributed by atoms with van der Waals surface area (Å²) in [5.41, 5.74) is 0.588. The van der Waals surface area contributed by atoms with E-state index in [9.17, 15) is 14.3 Å². The lowest BCUT2D eigenvalue weighted by Crippen LogP contribution is -2.44. The van der Waals surface area contributed by atoms with Gasteiger partial charge in [0.2, 0.25) is 0 Å². The standard InChI is InChI=1S/C15H20FNO3/c1-3-17(14-9-20-8-12(14)15(18)19)10(2)11-6-4-5-7-13(11)16/h4-7,10,12,14H,3,8-9H2,1-2H3,(H,18,19). The van der Waals surface area contributed by atoms with E-state index in [1.807, 2.05) is 18.7 Å². The Labute approximate surface area is 118 Å². The number of ether oxygens (including phenoxy) is 1. The molecule has 3 atom stereocenters. The van der Waals surface area contributed by atoms with Gasteiger partial charge in [0.25, 0.3) is 0 Å². The molecule has 0 radical (unpaired) electrons. The first-order valence-corrected chi connectivity index (χ1v) is 6.87. The van der Waals surface area contributed by atoms with E-state index in [1.165, 1.54) is 6.07 Å². The van der Waals surface area contributed by atoms with Crippen LogP contribution >= 0.6 is 0 Å². The summed E-state index contributed by atoms with van der Waals surface area (Å²) in [6, 6.07) is 6.22. The normalized spacial score (nSPS) is 24.0. The summed E-state index contributed by atoms with van der Waals surface area (Å²) >= 11 is 0. The maximum atomic E-state index is 13.9. The highest BCUT2D eigenvalue weighted by atomic mass is 19.1. The Morgan fingerprint density at radius 3 is 2.80 bits per heavy atom. The molecule has 20 heavy (non-hydrogen) atoms. The van der Waals surface area contributed by atoms with Gasteiger partial charge in [-0.25, -0.2) is 4.39 Å². The highest BCUT2D eigenvalue weighted by Gasteiger charge is 2.39. The zero-order chi connectivity index (χ0) is 14.7. The van der Waals surface area contributed by atoms with E-state index in [4.69, 9.17) is 4.74 Å². The number of nitrogens with zero attached hydrogens (tertiary/aromatic N) is 1. The summed E-state index contributed by atoms with van der Waals surface area (Å²) in [5.74, 6) is -1.67. The molecule has 0 bridgehead atoms. The monoisotopic (exact) mass is 281 g/mol. The summed E-state index contributed by atoms with van der Waals surface area (Å²) in [6.07, 6.45) is 0. The van der Waals surface area contributed by atoms with Gasteiger partial charge in [-0.2, -0.15) is 0 Å². The van der Waals surface area contributed by atoms with Gasteiger partial charge in [-0.1, -0.05) is 25.1 Å². The minimum atomic E-state index is -0.855. The highest BCUT2D eigenvalue weighted by Crippen LogP contribution is 2.29. The molecule has 1 fully saturated rings. The van der Waals surface area contributed by atoms with Crippen LogP contribution in [0.1, 0.15) is 25.5 Å². The average molecular weight is 281 g/mol. The lowest BCUT2D eigenvalue weighted by atomic mass is 9.98. The van der Waals surface area contributed by atoms with E-state index in [1.54, 1.807) is 18.2 Å². The molecule has 5 heteroatoms. The van der Waals surface area contributed by atoms with Gasteiger partial charge in [0.05, 0.1) is 19.1 Å². The Hall–Kier alpha value is -1.46. The number of hydrogen-bond donors (Lipinski definition) is 1. The SMILES string of the molecule is CCN(C(C)c1ccccc1F)C1COCC1C(=O)O. The Morgan fingerprint density at radius 2 is 2.20 bits per heavy atom. The van der Waals surface area contributed by atoms with Crippen molar-refractivity contribution in [3.8, 4) is 0 Å². The second-order valence-electron chi connectivity index (χ2n) is 5.08. The van der Waals surface area contributed by atoms with Crippen LogP contribution in [0.4, 0.5) is 4.39 Å². The smallest absolute Gasteiger partial charge is 0.310 e. The average Bonchev–Trinajstić information content (AvgIpc) is 2.89. The Morgan fingerprint density at radius 1 is 1.50 bits per heavy atom. The first kappa shape index (κ1) is 14.9. The van der Waals surface area contributed by atoms with Gasteiger partial charge < -0.3 is 9.84 Å². The van der Waals surface area contributed by atoms with E-state index in [0.29, 0.717) is 18.7 Å². The maximum absolute atomic E-state index is 13.9. The third kappa shape index (κ3) is 2.83. The number of carboxylic acids is 1. The predicted octanol–water partition coefficient (Wildman–Crippen LogP) is 2.31. The van der Waals surface area contributed by atoms with E-state index in [0.717, 1.165) is 0 Å². The molecule has 1 aromatic rings. The third-order valence-corrected chi connectivity index (χ3v) is 4.01. The quantitative estimate of drug-likeness (QED) is 0.900. The van der Waals surface area contributed by atoms with Crippen LogP contribution in [-0.2, 0) is 9.53 Å². The largest absolute Gasteiger partial charge is 0.481 e. The van der Waals surface area contributed by atoms with Crippen LogP contribution < -0.4 is 0 Å². The summed E-state index contributed by atoms with van der Waals surface area (Å²) < 4.78 is 19.2. The molecule has 1 aliphatic rings. The van der Waals surface area contributed by atoms with Crippen LogP contribution in [0.15, 0.2) is 24.3 Å². The van der Waals surface area contributed by atoms with Crippen molar-refractivity contribution in [1.82, 2.24) is 4.90 Å². The van der Waals surface area contributed by atoms with Gasteiger partial charge in [0, 0.05) is 17.6 Å². The molecule has 0 aliphatic carbocycles. The first-order chi connectivity index (χ1) is 9.56. The second kappa shape index (κ2) is 6.33. The lowest BCUT2D eigenvalue weighted by molar-refractivity contribution is -0.143. The summed E-state index contributed by atoms with van der Waals surface area (Å²) in [5, 5.41) is 9.25. The molecule has 1 N–H and O–H groups in total. The molecule has 0 saturated carbocycles. The summed E-state index contributed by atoms with van der Waals surface area (Å²) in [7, 11) is 0. The number of rotatable bonds is 5. The number of carboxylic acid groups (broad SMARTS) is 1. The zero-order valence-corrected chi connectivity index (χ0v) is 11.8. The van der Waals surface area contributed by atoms with Gasteiger partial charge in [0.15, 0.2) is 0 Å². The van der Waals surface area contributed by atoms with Crippen molar-refractivity contribution in [2.45, 2.75) is 25.9 Å². The number of likely N-dealkylation sites (N-methyl/N-ethyl adjacent to an activating group) is 1. The number of aliphatic carboxylic acids is 1. The summed E-state index contributed by atoms with van der Waals surface area (Å²) in [6.45, 7) is 5.10. The van der Waals surface area contributed by atoms with Gasteiger partial charge >= 0.3 is 5.97 Å². The number of benzene rings is 1. The first-order valence-electron chi connectivity index (χ1n) is 6.87. The molecule has 0 amide bonds. The van der Waals surface area contributed by atoms with Gasteiger partial charge in [-0.3, -0.25) is 9.69 Å². The van der Waals surface area contributed by atoms with Crippen molar-refractivity contribution < 1.29 is 19.0 Å². The van der Waals surface area contributed by atoms with Crippen molar-refractivity contribution in [3.05, 3.63) is 35.6 Å². The molecular formula is C15H20FNO3. The summed E-state index contributed by atoms with van der Waals surface area (Å²) in [4.78, 5) is 13.3. The van der Waals surface area contributed by atoms with E-state index < -0.39 is 11.9 Å². The van der Waals surface area contributed by atoms with Crippen molar-refractivity contribution in [1.29, 1.82) is 0 Å². The molecule has 4 nitrogen and oxygen atoms in total. The van der Waals surface area contributed by atoms with Gasteiger partial charge in [-0.05, 0) is 19.5 Å². The Bertz CT molecular complexity index is 480. The highest BCUT2D eigenvalue weighted by molar-refractivity contribution is 5.71. The molecule has 0 aromatic heterocycles. The van der Waals surface area contributed by atoms with Crippen LogP contribution in [0.5, 0.6) is 0 Å². The number of carbonyl (C=O) groups is 1. The van der Waals surface area contributed by atoms with Gasteiger partial charge in [0.1, 0.15) is 5.82 Å². The fraction of sp³-hybridized carbons (Fsp3) is 0.533. The molecule has 2 rings (SSSR count). The van der Waals surface area contributed by atoms with E-state index in [-0.39, 0.29) is 24.5 Å². The molecule has 3 unspecified atom stereocenters. The number of hydrogen-bond acceptors (Lipinski definition) is 3. The van der Waals surface area contributed by atoms with E-state index in [2.05, 4.69) is 0 Å². The molecular weight excluding hydrogens is 261 g/mol. The topological polar surface area (TPSA) is 49.8 Å². The lowest BCUT2D eigenvalue weighted by Gasteiger charge is -2.35. The minimum absolute atomic E-state index is 0.185.